The molecule has 1 unspecified atom stereocenters. The van der Waals surface area contributed by atoms with E-state index in [9.17, 15) is 24.8 Å². The van der Waals surface area contributed by atoms with Crippen LogP contribution < -0.4 is 0 Å². The lowest BCUT2D eigenvalue weighted by Gasteiger charge is -2.24. The smallest absolute Gasteiger partial charge is 0.296 e. The number of amides is 1. The Morgan fingerprint density at radius 1 is 1.20 bits per heavy atom. The molecule has 4 rings (SSSR count). The molecule has 3 aromatic rings. The van der Waals surface area contributed by atoms with Crippen molar-refractivity contribution in [3.8, 4) is 0 Å². The van der Waals surface area contributed by atoms with Crippen molar-refractivity contribution in [1.29, 1.82) is 0 Å². The molecule has 0 saturated carbocycles. The van der Waals surface area contributed by atoms with Crippen LogP contribution in [0, 0.1) is 10.1 Å². The van der Waals surface area contributed by atoms with Crippen molar-refractivity contribution in [3.05, 3.63) is 99.8 Å². The number of pyridine rings is 1. The summed E-state index contributed by atoms with van der Waals surface area (Å²) in [5.74, 6) is -1.74. The second kappa shape index (κ2) is 7.63. The maximum atomic E-state index is 12.9. The van der Waals surface area contributed by atoms with Crippen LogP contribution in [0.5, 0.6) is 0 Å². The van der Waals surface area contributed by atoms with Gasteiger partial charge in [0, 0.05) is 30.1 Å². The summed E-state index contributed by atoms with van der Waals surface area (Å²) in [6.07, 6.45) is 4.49. The molecular weight excluding hydrogens is 390 g/mol. The van der Waals surface area contributed by atoms with Gasteiger partial charge in [-0.15, -0.1) is 0 Å². The largest absolute Gasteiger partial charge is 0.507 e. The fraction of sp³-hybridized carbons (Fsp3) is 0.0952. The summed E-state index contributed by atoms with van der Waals surface area (Å²) < 4.78 is 5.31. The van der Waals surface area contributed by atoms with E-state index in [2.05, 4.69) is 4.98 Å². The van der Waals surface area contributed by atoms with E-state index >= 15 is 0 Å². The van der Waals surface area contributed by atoms with E-state index in [1.54, 1.807) is 30.5 Å². The summed E-state index contributed by atoms with van der Waals surface area (Å²) in [4.78, 5) is 41.5. The van der Waals surface area contributed by atoms with Gasteiger partial charge < -0.3 is 14.4 Å². The molecule has 9 nitrogen and oxygen atoms in total. The summed E-state index contributed by atoms with van der Waals surface area (Å²) in [5.41, 5.74) is 0.158. The summed E-state index contributed by atoms with van der Waals surface area (Å²) in [7, 11) is 0. The fourth-order valence-electron chi connectivity index (χ4n) is 3.42. The minimum Gasteiger partial charge on any atom is -0.507 e. The molecule has 1 fully saturated rings. The minimum atomic E-state index is -0.928. The number of nitrogens with zero attached hydrogens (tertiary/aromatic N) is 3. The van der Waals surface area contributed by atoms with Crippen molar-refractivity contribution in [2.24, 2.45) is 0 Å². The van der Waals surface area contributed by atoms with Crippen LogP contribution in [0.3, 0.4) is 0 Å². The van der Waals surface area contributed by atoms with Crippen LogP contribution in [0.4, 0.5) is 5.69 Å². The molecule has 9 heteroatoms. The maximum absolute atomic E-state index is 12.9. The second-order valence-electron chi connectivity index (χ2n) is 6.60. The number of non-ortho nitro benzene ring substituents is 1. The van der Waals surface area contributed by atoms with Gasteiger partial charge in [0.15, 0.2) is 0 Å². The molecule has 0 aliphatic carbocycles. The molecule has 1 aromatic carbocycles. The monoisotopic (exact) mass is 405 g/mol. The number of rotatable bonds is 5. The standard InChI is InChI=1S/C21H15N3O6/c25-19(13-4-1-6-15(10-13)24(28)29)17-18(14-5-2-8-22-11-14)23(21(27)20(17)26)12-16-7-3-9-30-16/h1-11,18,25H,12H2/b19-17+. The third-order valence-electron chi connectivity index (χ3n) is 4.78. The van der Waals surface area contributed by atoms with Gasteiger partial charge >= 0.3 is 0 Å². The third-order valence-corrected chi connectivity index (χ3v) is 4.78. The normalized spacial score (nSPS) is 18.0. The van der Waals surface area contributed by atoms with Gasteiger partial charge in [-0.1, -0.05) is 18.2 Å². The maximum Gasteiger partial charge on any atom is 0.296 e. The van der Waals surface area contributed by atoms with Crippen LogP contribution in [-0.4, -0.2) is 31.6 Å². The number of aliphatic hydroxyl groups excluding tert-OH is 1. The number of benzene rings is 1. The zero-order chi connectivity index (χ0) is 21.3. The first-order valence-electron chi connectivity index (χ1n) is 8.93. The first-order chi connectivity index (χ1) is 14.5. The van der Waals surface area contributed by atoms with E-state index in [1.807, 2.05) is 0 Å². The Bertz CT molecular complexity index is 1150. The highest BCUT2D eigenvalue weighted by Gasteiger charge is 2.46. The summed E-state index contributed by atoms with van der Waals surface area (Å²) in [5, 5.41) is 22.0. The number of carbonyl (C=O) groups excluding carboxylic acids is 2. The molecule has 2 aromatic heterocycles. The predicted molar refractivity (Wildman–Crippen MR) is 104 cm³/mol. The molecule has 0 bridgehead atoms. The molecule has 0 radical (unpaired) electrons. The van der Waals surface area contributed by atoms with E-state index in [0.717, 1.165) is 6.07 Å². The van der Waals surface area contributed by atoms with Crippen molar-refractivity contribution in [1.82, 2.24) is 9.88 Å². The number of furan rings is 1. The van der Waals surface area contributed by atoms with Crippen LogP contribution in [0.15, 0.2) is 77.2 Å². The number of carbonyl (C=O) groups is 2. The van der Waals surface area contributed by atoms with E-state index in [1.165, 1.54) is 35.6 Å². The molecule has 150 valence electrons. The van der Waals surface area contributed by atoms with Gasteiger partial charge in [-0.3, -0.25) is 24.7 Å². The number of hydrogen-bond donors (Lipinski definition) is 1. The minimum absolute atomic E-state index is 0.00283. The Morgan fingerprint density at radius 2 is 2.03 bits per heavy atom. The number of Topliss-reactive ketones (excluding diaryl/α,β-unsaturated/α-hetero) is 1. The highest BCUT2D eigenvalue weighted by molar-refractivity contribution is 6.46. The van der Waals surface area contributed by atoms with Gasteiger partial charge in [0.05, 0.1) is 29.3 Å². The van der Waals surface area contributed by atoms with Gasteiger partial charge in [-0.05, 0) is 23.8 Å². The predicted octanol–water partition coefficient (Wildman–Crippen LogP) is 3.20. The zero-order valence-electron chi connectivity index (χ0n) is 15.5. The fourth-order valence-corrected chi connectivity index (χ4v) is 3.42. The zero-order valence-corrected chi connectivity index (χ0v) is 15.5. The molecule has 1 aliphatic heterocycles. The molecular formula is C21H15N3O6. The molecule has 1 N–H and O–H groups in total. The lowest BCUT2D eigenvalue weighted by molar-refractivity contribution is -0.384. The number of hydrogen-bond acceptors (Lipinski definition) is 7. The van der Waals surface area contributed by atoms with E-state index in [4.69, 9.17) is 4.42 Å². The lowest BCUT2D eigenvalue weighted by atomic mass is 9.96. The van der Waals surface area contributed by atoms with Gasteiger partial charge in [-0.25, -0.2) is 0 Å². The molecule has 0 spiro atoms. The number of aromatic nitrogens is 1. The topological polar surface area (TPSA) is 127 Å². The quantitative estimate of drug-likeness (QED) is 0.227. The molecule has 1 atom stereocenters. The second-order valence-corrected chi connectivity index (χ2v) is 6.60. The Kier molecular flexibility index (Phi) is 4.85. The molecule has 1 amide bonds. The molecule has 1 aliphatic rings. The first-order valence-corrected chi connectivity index (χ1v) is 8.93. The number of aliphatic hydroxyl groups is 1. The van der Waals surface area contributed by atoms with Crippen molar-refractivity contribution >= 4 is 23.1 Å². The molecule has 3 heterocycles. The molecule has 1 saturated heterocycles. The number of ketones is 1. The van der Waals surface area contributed by atoms with Gasteiger partial charge in [0.2, 0.25) is 0 Å². The van der Waals surface area contributed by atoms with Gasteiger partial charge in [0.1, 0.15) is 11.5 Å². The Morgan fingerprint density at radius 3 is 2.70 bits per heavy atom. The van der Waals surface area contributed by atoms with E-state index in [-0.39, 0.29) is 23.4 Å². The van der Waals surface area contributed by atoms with Gasteiger partial charge in [0.25, 0.3) is 17.4 Å². The summed E-state index contributed by atoms with van der Waals surface area (Å²) in [6, 6.07) is 11.0. The van der Waals surface area contributed by atoms with Crippen LogP contribution in [0.25, 0.3) is 5.76 Å². The molecule has 30 heavy (non-hydrogen) atoms. The Balaban J connectivity index is 1.87. The van der Waals surface area contributed by atoms with Crippen LogP contribution in [0.1, 0.15) is 22.9 Å². The third kappa shape index (κ3) is 3.32. The summed E-state index contributed by atoms with van der Waals surface area (Å²) >= 11 is 0. The van der Waals surface area contributed by atoms with Crippen LogP contribution >= 0.6 is 0 Å². The highest BCUT2D eigenvalue weighted by Crippen LogP contribution is 2.40. The average molecular weight is 405 g/mol. The van der Waals surface area contributed by atoms with E-state index < -0.39 is 28.4 Å². The number of nitro benzene ring substituents is 1. The van der Waals surface area contributed by atoms with Crippen molar-refractivity contribution in [3.63, 3.8) is 0 Å². The lowest BCUT2D eigenvalue weighted by Crippen LogP contribution is -2.29. The average Bonchev–Trinajstić information content (AvgIpc) is 3.36. The number of likely N-dealkylation sites (tertiary alicyclic amines) is 1. The highest BCUT2D eigenvalue weighted by atomic mass is 16.6. The Labute approximate surface area is 170 Å². The van der Waals surface area contributed by atoms with Gasteiger partial charge in [-0.2, -0.15) is 0 Å². The van der Waals surface area contributed by atoms with Crippen molar-refractivity contribution < 1.29 is 24.0 Å². The van der Waals surface area contributed by atoms with Crippen molar-refractivity contribution in [2.45, 2.75) is 12.6 Å². The van der Waals surface area contributed by atoms with Crippen LogP contribution in [-0.2, 0) is 16.1 Å². The first kappa shape index (κ1) is 19.1. The summed E-state index contributed by atoms with van der Waals surface area (Å²) in [6.45, 7) is 0.00283. The van der Waals surface area contributed by atoms with E-state index in [0.29, 0.717) is 11.3 Å². The SMILES string of the molecule is O=C1C(=O)N(Cc2ccco2)C(c2cccnc2)/C1=C(\O)c1cccc([N+](=O)[O-])c1. The van der Waals surface area contributed by atoms with Crippen molar-refractivity contribution in [2.75, 3.05) is 0 Å². The Hall–Kier alpha value is -4.27. The van der Waals surface area contributed by atoms with Crippen LogP contribution in [0.2, 0.25) is 0 Å². The number of nitro groups is 1.